The standard InChI is InChI=1S/C25H27ClN2O/c1-17(29-16-18-12-20-4-2-3-5-21(20)13-18)28-10-8-19(9-11-28)24-15-27-25-14-22(26)6-7-23(24)25/h2-8,14-15,17-18,27H,9-13,16H2,1H3. The molecule has 4 heteroatoms. The van der Waals surface area contributed by atoms with Crippen LogP contribution in [0.15, 0.2) is 54.7 Å². The molecule has 2 aliphatic rings. The van der Waals surface area contributed by atoms with Crippen LogP contribution in [0.25, 0.3) is 16.5 Å². The Balaban J connectivity index is 1.18. The zero-order chi connectivity index (χ0) is 19.8. The highest BCUT2D eigenvalue weighted by molar-refractivity contribution is 6.31. The van der Waals surface area contributed by atoms with Gasteiger partial charge in [-0.05, 0) is 60.9 Å². The van der Waals surface area contributed by atoms with Crippen LogP contribution in [-0.2, 0) is 17.6 Å². The predicted octanol–water partition coefficient (Wildman–Crippen LogP) is 5.69. The zero-order valence-corrected chi connectivity index (χ0v) is 17.6. The fraction of sp³-hybridized carbons (Fsp3) is 0.360. The molecule has 5 rings (SSSR count). The van der Waals surface area contributed by atoms with E-state index in [-0.39, 0.29) is 6.23 Å². The van der Waals surface area contributed by atoms with Crippen LogP contribution in [0.3, 0.4) is 0 Å². The third kappa shape index (κ3) is 3.87. The molecule has 1 unspecified atom stereocenters. The zero-order valence-electron chi connectivity index (χ0n) is 16.8. The van der Waals surface area contributed by atoms with E-state index in [1.54, 1.807) is 0 Å². The number of halogens is 1. The summed E-state index contributed by atoms with van der Waals surface area (Å²) in [6, 6.07) is 14.9. The number of H-pyrrole nitrogens is 1. The second-order valence-corrected chi connectivity index (χ2v) is 8.78. The van der Waals surface area contributed by atoms with Crippen molar-refractivity contribution in [2.75, 3.05) is 19.7 Å². The summed E-state index contributed by atoms with van der Waals surface area (Å²) in [6.45, 7) is 4.99. The number of aromatic nitrogens is 1. The molecular weight excluding hydrogens is 380 g/mol. The van der Waals surface area contributed by atoms with E-state index < -0.39 is 0 Å². The molecule has 150 valence electrons. The Morgan fingerprint density at radius 1 is 1.17 bits per heavy atom. The molecule has 0 saturated heterocycles. The molecule has 1 aliphatic carbocycles. The number of aromatic amines is 1. The second kappa shape index (κ2) is 7.98. The van der Waals surface area contributed by atoms with Crippen LogP contribution in [0.1, 0.15) is 30.0 Å². The smallest absolute Gasteiger partial charge is 0.108 e. The van der Waals surface area contributed by atoms with Gasteiger partial charge < -0.3 is 9.72 Å². The first-order valence-corrected chi connectivity index (χ1v) is 10.9. The maximum atomic E-state index is 6.28. The molecule has 3 aromatic rings. The fourth-order valence-corrected chi connectivity index (χ4v) is 4.94. The van der Waals surface area contributed by atoms with E-state index in [4.69, 9.17) is 16.3 Å². The molecule has 1 aliphatic heterocycles. The average molecular weight is 407 g/mol. The van der Waals surface area contributed by atoms with Crippen molar-refractivity contribution in [3.05, 3.63) is 76.5 Å². The molecule has 1 aromatic heterocycles. The fourth-order valence-electron chi connectivity index (χ4n) is 4.77. The summed E-state index contributed by atoms with van der Waals surface area (Å²) < 4.78 is 6.28. The monoisotopic (exact) mass is 406 g/mol. The number of ether oxygens (including phenoxy) is 1. The second-order valence-electron chi connectivity index (χ2n) is 8.34. The molecule has 1 N–H and O–H groups in total. The molecule has 29 heavy (non-hydrogen) atoms. The predicted molar refractivity (Wildman–Crippen MR) is 120 cm³/mol. The van der Waals surface area contributed by atoms with Crippen molar-refractivity contribution < 1.29 is 4.74 Å². The summed E-state index contributed by atoms with van der Waals surface area (Å²) in [4.78, 5) is 5.78. The van der Waals surface area contributed by atoms with Crippen molar-refractivity contribution in [3.63, 3.8) is 0 Å². The maximum absolute atomic E-state index is 6.28. The summed E-state index contributed by atoms with van der Waals surface area (Å²) >= 11 is 6.12. The average Bonchev–Trinajstić information content (AvgIpc) is 3.35. The Bertz CT molecular complexity index is 1030. The van der Waals surface area contributed by atoms with Gasteiger partial charge in [0, 0.05) is 40.8 Å². The van der Waals surface area contributed by atoms with E-state index in [2.05, 4.69) is 59.4 Å². The SMILES string of the molecule is CC(OCC1Cc2ccccc2C1)N1CC=C(c2c[nH]c3cc(Cl)ccc23)CC1. The van der Waals surface area contributed by atoms with Gasteiger partial charge in [0.1, 0.15) is 6.23 Å². The topological polar surface area (TPSA) is 28.3 Å². The molecule has 0 saturated carbocycles. The first-order valence-electron chi connectivity index (χ1n) is 10.6. The summed E-state index contributed by atoms with van der Waals surface area (Å²) in [6.07, 6.45) is 7.96. The summed E-state index contributed by atoms with van der Waals surface area (Å²) in [5.74, 6) is 0.615. The third-order valence-corrected chi connectivity index (χ3v) is 6.69. The Morgan fingerprint density at radius 2 is 1.97 bits per heavy atom. The Labute approximate surface area is 177 Å². The maximum Gasteiger partial charge on any atom is 0.108 e. The highest BCUT2D eigenvalue weighted by atomic mass is 35.5. The minimum Gasteiger partial charge on any atom is -0.363 e. The van der Waals surface area contributed by atoms with Crippen LogP contribution in [0.4, 0.5) is 0 Å². The number of hydrogen-bond donors (Lipinski definition) is 1. The lowest BCUT2D eigenvalue weighted by Crippen LogP contribution is -2.39. The molecule has 0 spiro atoms. The molecule has 0 amide bonds. The molecule has 0 bridgehead atoms. The van der Waals surface area contributed by atoms with Gasteiger partial charge in [-0.3, -0.25) is 4.90 Å². The van der Waals surface area contributed by atoms with Crippen LogP contribution >= 0.6 is 11.6 Å². The number of benzene rings is 2. The lowest BCUT2D eigenvalue weighted by atomic mass is 9.99. The van der Waals surface area contributed by atoms with E-state index in [0.29, 0.717) is 5.92 Å². The number of fused-ring (bicyclic) bond motifs is 2. The van der Waals surface area contributed by atoms with Crippen LogP contribution in [0, 0.1) is 5.92 Å². The van der Waals surface area contributed by atoms with Crippen LogP contribution in [0.2, 0.25) is 5.02 Å². The minimum absolute atomic E-state index is 0.151. The van der Waals surface area contributed by atoms with Crippen molar-refractivity contribution in [3.8, 4) is 0 Å². The van der Waals surface area contributed by atoms with E-state index in [0.717, 1.165) is 49.5 Å². The number of hydrogen-bond acceptors (Lipinski definition) is 2. The molecule has 0 fully saturated rings. The number of rotatable bonds is 5. The van der Waals surface area contributed by atoms with Crippen LogP contribution in [0.5, 0.6) is 0 Å². The van der Waals surface area contributed by atoms with Gasteiger partial charge in [0.05, 0.1) is 6.61 Å². The van der Waals surface area contributed by atoms with Gasteiger partial charge in [-0.2, -0.15) is 0 Å². The van der Waals surface area contributed by atoms with Crippen molar-refractivity contribution in [2.24, 2.45) is 5.92 Å². The lowest BCUT2D eigenvalue weighted by Gasteiger charge is -2.32. The third-order valence-electron chi connectivity index (χ3n) is 6.45. The van der Waals surface area contributed by atoms with E-state index >= 15 is 0 Å². The number of nitrogens with zero attached hydrogens (tertiary/aromatic N) is 1. The molecular formula is C25H27ClN2O. The normalized spacial score (nSPS) is 18.8. The van der Waals surface area contributed by atoms with Gasteiger partial charge in [0.15, 0.2) is 0 Å². The van der Waals surface area contributed by atoms with Gasteiger partial charge >= 0.3 is 0 Å². The molecule has 2 heterocycles. The number of nitrogens with one attached hydrogen (secondary N) is 1. The molecule has 2 aromatic carbocycles. The first-order chi connectivity index (χ1) is 14.2. The van der Waals surface area contributed by atoms with E-state index in [1.165, 1.54) is 27.6 Å². The van der Waals surface area contributed by atoms with Gasteiger partial charge in [-0.1, -0.05) is 48.0 Å². The lowest BCUT2D eigenvalue weighted by molar-refractivity contribution is -0.0548. The van der Waals surface area contributed by atoms with E-state index in [9.17, 15) is 0 Å². The van der Waals surface area contributed by atoms with E-state index in [1.807, 2.05) is 12.1 Å². The quantitative estimate of drug-likeness (QED) is 0.589. The van der Waals surface area contributed by atoms with Gasteiger partial charge in [0.25, 0.3) is 0 Å². The summed E-state index contributed by atoms with van der Waals surface area (Å²) in [5.41, 5.74) is 6.81. The first kappa shape index (κ1) is 18.9. The van der Waals surface area contributed by atoms with Crippen LogP contribution in [-0.4, -0.2) is 35.8 Å². The minimum atomic E-state index is 0.151. The Morgan fingerprint density at radius 3 is 2.69 bits per heavy atom. The van der Waals surface area contributed by atoms with Crippen LogP contribution < -0.4 is 0 Å². The molecule has 1 atom stereocenters. The van der Waals surface area contributed by atoms with Crippen molar-refractivity contribution in [1.82, 2.24) is 9.88 Å². The van der Waals surface area contributed by atoms with Crippen molar-refractivity contribution in [2.45, 2.75) is 32.4 Å². The van der Waals surface area contributed by atoms with Crippen molar-refractivity contribution >= 4 is 28.1 Å². The Kier molecular flexibility index (Phi) is 5.21. The molecule has 3 nitrogen and oxygen atoms in total. The Hall–Kier alpha value is -2.07. The summed E-state index contributed by atoms with van der Waals surface area (Å²) in [5, 5.41) is 2.02. The summed E-state index contributed by atoms with van der Waals surface area (Å²) in [7, 11) is 0. The van der Waals surface area contributed by atoms with Crippen molar-refractivity contribution in [1.29, 1.82) is 0 Å². The van der Waals surface area contributed by atoms with Gasteiger partial charge in [-0.15, -0.1) is 0 Å². The van der Waals surface area contributed by atoms with Gasteiger partial charge in [0.2, 0.25) is 0 Å². The molecule has 0 radical (unpaired) electrons. The highest BCUT2D eigenvalue weighted by Crippen LogP contribution is 2.31. The van der Waals surface area contributed by atoms with Gasteiger partial charge in [-0.25, -0.2) is 0 Å². The highest BCUT2D eigenvalue weighted by Gasteiger charge is 2.24. The largest absolute Gasteiger partial charge is 0.363 e.